The number of aryl methyl sites for hydroxylation is 2. The van der Waals surface area contributed by atoms with Gasteiger partial charge in [0.15, 0.2) is 4.90 Å². The molecule has 0 unspecified atom stereocenters. The quantitative estimate of drug-likeness (QED) is 0.615. The van der Waals surface area contributed by atoms with Gasteiger partial charge in [0, 0.05) is 0 Å². The third-order valence-corrected chi connectivity index (χ3v) is 6.57. The summed E-state index contributed by atoms with van der Waals surface area (Å²) in [6, 6.07) is 15.6. The molecule has 0 spiro atoms. The monoisotopic (exact) mass is 396 g/mol. The molecule has 0 radical (unpaired) electrons. The fourth-order valence-electron chi connectivity index (χ4n) is 2.97. The Morgan fingerprint density at radius 3 is 2.29 bits per heavy atom. The molecule has 6 nitrogen and oxygen atoms in total. The van der Waals surface area contributed by atoms with E-state index in [-0.39, 0.29) is 27.3 Å². The Bertz CT molecular complexity index is 1130. The smallest absolute Gasteiger partial charge is 0.315 e. The van der Waals surface area contributed by atoms with E-state index in [2.05, 4.69) is 5.10 Å². The predicted octanol–water partition coefficient (Wildman–Crippen LogP) is 3.64. The third kappa shape index (κ3) is 3.33. The zero-order chi connectivity index (χ0) is 19.9. The number of ether oxygens (including phenoxy) is 1. The number of benzene rings is 2. The van der Waals surface area contributed by atoms with Crippen LogP contribution in [0.4, 0.5) is 0 Å². The highest BCUT2D eigenvalue weighted by Crippen LogP contribution is 2.37. The molecule has 0 saturated heterocycles. The lowest BCUT2D eigenvalue weighted by Gasteiger charge is -2.11. The maximum absolute atomic E-state index is 13.4. The van der Waals surface area contributed by atoms with Crippen molar-refractivity contribution in [1.29, 1.82) is 0 Å². The normalized spacial score (nSPS) is 14.1. The molecular weight excluding hydrogens is 376 g/mol. The van der Waals surface area contributed by atoms with Gasteiger partial charge in [-0.25, -0.2) is 8.42 Å². The summed E-state index contributed by atoms with van der Waals surface area (Å²) in [4.78, 5) is 12.4. The lowest BCUT2D eigenvalue weighted by Crippen LogP contribution is -2.15. The molecule has 1 fully saturated rings. The van der Waals surface area contributed by atoms with E-state index in [9.17, 15) is 13.2 Å². The van der Waals surface area contributed by atoms with E-state index in [4.69, 9.17) is 4.74 Å². The highest BCUT2D eigenvalue weighted by Gasteiger charge is 2.36. The molecule has 144 valence electrons. The van der Waals surface area contributed by atoms with Crippen LogP contribution in [0.25, 0.3) is 5.69 Å². The number of carbonyl (C=O) groups excluding carboxylic acids is 1. The first-order valence-electron chi connectivity index (χ1n) is 9.06. The molecule has 2 aromatic carbocycles. The van der Waals surface area contributed by atoms with Crippen molar-refractivity contribution in [2.45, 2.75) is 36.5 Å². The Morgan fingerprint density at radius 1 is 1.04 bits per heavy atom. The minimum atomic E-state index is -3.92. The highest BCUT2D eigenvalue weighted by atomic mass is 32.2. The maximum atomic E-state index is 13.4. The van der Waals surface area contributed by atoms with Crippen molar-refractivity contribution >= 4 is 15.8 Å². The van der Waals surface area contributed by atoms with E-state index in [1.54, 1.807) is 43.3 Å². The Balaban J connectivity index is 1.89. The molecule has 0 aliphatic heterocycles. The van der Waals surface area contributed by atoms with Crippen LogP contribution in [0.15, 0.2) is 64.4 Å². The lowest BCUT2D eigenvalue weighted by molar-refractivity contribution is -0.136. The van der Waals surface area contributed by atoms with Crippen LogP contribution in [-0.2, 0) is 14.6 Å². The van der Waals surface area contributed by atoms with Crippen LogP contribution in [0, 0.1) is 19.8 Å². The molecule has 28 heavy (non-hydrogen) atoms. The van der Waals surface area contributed by atoms with Crippen LogP contribution in [0.5, 0.6) is 5.88 Å². The van der Waals surface area contributed by atoms with Crippen LogP contribution in [-0.4, -0.2) is 24.2 Å². The molecule has 7 heteroatoms. The highest BCUT2D eigenvalue weighted by molar-refractivity contribution is 7.91. The van der Waals surface area contributed by atoms with Crippen LogP contribution < -0.4 is 4.74 Å². The number of aromatic nitrogens is 2. The molecule has 0 amide bonds. The summed E-state index contributed by atoms with van der Waals surface area (Å²) in [5.74, 6) is -0.645. The van der Waals surface area contributed by atoms with Gasteiger partial charge in [0.25, 0.3) is 0 Å². The van der Waals surface area contributed by atoms with Gasteiger partial charge in [-0.15, -0.1) is 0 Å². The summed E-state index contributed by atoms with van der Waals surface area (Å²) >= 11 is 0. The van der Waals surface area contributed by atoms with E-state index in [1.807, 2.05) is 25.1 Å². The SMILES string of the molecule is Cc1ccc(S(=O)(=O)c2c(C)nn(-c3ccccc3)c2OC(=O)C2CC2)cc1. The van der Waals surface area contributed by atoms with Crippen molar-refractivity contribution in [2.75, 3.05) is 0 Å². The van der Waals surface area contributed by atoms with Crippen molar-refractivity contribution in [1.82, 2.24) is 9.78 Å². The Morgan fingerprint density at radius 2 is 1.68 bits per heavy atom. The van der Waals surface area contributed by atoms with Gasteiger partial charge in [-0.3, -0.25) is 4.79 Å². The van der Waals surface area contributed by atoms with Gasteiger partial charge in [-0.2, -0.15) is 9.78 Å². The fourth-order valence-corrected chi connectivity index (χ4v) is 4.49. The molecule has 0 N–H and O–H groups in total. The van der Waals surface area contributed by atoms with Crippen LogP contribution in [0.3, 0.4) is 0 Å². The summed E-state index contributed by atoms with van der Waals surface area (Å²) < 4.78 is 33.7. The Kier molecular flexibility index (Phi) is 4.55. The fraction of sp³-hybridized carbons (Fsp3) is 0.238. The number of esters is 1. The molecule has 0 atom stereocenters. The largest absolute Gasteiger partial charge is 0.406 e. The van der Waals surface area contributed by atoms with Gasteiger partial charge in [0.1, 0.15) is 0 Å². The second kappa shape index (κ2) is 6.91. The average molecular weight is 396 g/mol. The second-order valence-corrected chi connectivity index (χ2v) is 8.87. The molecular formula is C21H20N2O4S. The van der Waals surface area contributed by atoms with Gasteiger partial charge in [0.05, 0.1) is 22.2 Å². The van der Waals surface area contributed by atoms with E-state index in [0.717, 1.165) is 18.4 Å². The molecule has 1 aliphatic carbocycles. The first kappa shape index (κ1) is 18.4. The number of hydrogen-bond donors (Lipinski definition) is 0. The average Bonchev–Trinajstić information content (AvgIpc) is 3.47. The zero-order valence-corrected chi connectivity index (χ0v) is 16.4. The van der Waals surface area contributed by atoms with Crippen LogP contribution in [0.2, 0.25) is 0 Å². The number of para-hydroxylation sites is 1. The van der Waals surface area contributed by atoms with Crippen molar-refractivity contribution in [3.63, 3.8) is 0 Å². The topological polar surface area (TPSA) is 78.3 Å². The molecule has 3 aromatic rings. The molecule has 1 heterocycles. The Hall–Kier alpha value is -2.93. The molecule has 1 saturated carbocycles. The van der Waals surface area contributed by atoms with E-state index in [0.29, 0.717) is 5.69 Å². The van der Waals surface area contributed by atoms with E-state index < -0.39 is 15.8 Å². The van der Waals surface area contributed by atoms with Gasteiger partial charge in [0.2, 0.25) is 15.7 Å². The summed E-state index contributed by atoms with van der Waals surface area (Å²) in [7, 11) is -3.92. The lowest BCUT2D eigenvalue weighted by atomic mass is 10.2. The van der Waals surface area contributed by atoms with Crippen molar-refractivity contribution in [2.24, 2.45) is 5.92 Å². The van der Waals surface area contributed by atoms with Crippen molar-refractivity contribution in [3.05, 3.63) is 65.9 Å². The standard InChI is InChI=1S/C21H20N2O4S/c1-14-8-12-18(13-9-14)28(25,26)19-15(2)22-23(17-6-4-3-5-7-17)20(19)27-21(24)16-10-11-16/h3-9,12-13,16H,10-11H2,1-2H3. The van der Waals surface area contributed by atoms with Crippen LogP contribution >= 0.6 is 0 Å². The summed E-state index contributed by atoms with van der Waals surface area (Å²) in [5.41, 5.74) is 1.86. The minimum absolute atomic E-state index is 0.0545. The number of nitrogens with zero attached hydrogens (tertiary/aromatic N) is 2. The summed E-state index contributed by atoms with van der Waals surface area (Å²) in [6.45, 7) is 3.49. The van der Waals surface area contributed by atoms with Gasteiger partial charge in [-0.05, 0) is 51.0 Å². The number of rotatable bonds is 5. The molecule has 4 rings (SSSR count). The van der Waals surface area contributed by atoms with E-state index >= 15 is 0 Å². The summed E-state index contributed by atoms with van der Waals surface area (Å²) in [6.07, 6.45) is 1.52. The Labute approximate surface area is 163 Å². The van der Waals surface area contributed by atoms with E-state index in [1.165, 1.54) is 4.68 Å². The third-order valence-electron chi connectivity index (χ3n) is 4.67. The maximum Gasteiger partial charge on any atom is 0.315 e. The van der Waals surface area contributed by atoms with Crippen molar-refractivity contribution in [3.8, 4) is 11.6 Å². The number of carbonyl (C=O) groups is 1. The predicted molar refractivity (Wildman–Crippen MR) is 103 cm³/mol. The first-order valence-corrected chi connectivity index (χ1v) is 10.5. The van der Waals surface area contributed by atoms with Gasteiger partial charge >= 0.3 is 5.97 Å². The number of hydrogen-bond acceptors (Lipinski definition) is 5. The second-order valence-electron chi connectivity index (χ2n) is 6.98. The summed E-state index contributed by atoms with van der Waals surface area (Å²) in [5, 5.41) is 4.38. The molecule has 0 bridgehead atoms. The molecule has 1 aromatic heterocycles. The van der Waals surface area contributed by atoms with Crippen molar-refractivity contribution < 1.29 is 17.9 Å². The molecule has 1 aliphatic rings. The first-order chi connectivity index (χ1) is 13.4. The van der Waals surface area contributed by atoms with Crippen LogP contribution in [0.1, 0.15) is 24.1 Å². The van der Waals surface area contributed by atoms with Gasteiger partial charge < -0.3 is 4.74 Å². The number of sulfone groups is 1. The van der Waals surface area contributed by atoms with Gasteiger partial charge in [-0.1, -0.05) is 35.9 Å². The minimum Gasteiger partial charge on any atom is -0.406 e. The zero-order valence-electron chi connectivity index (χ0n) is 15.6.